The molecule has 0 aromatic rings. The molecule has 5 atom stereocenters. The summed E-state index contributed by atoms with van der Waals surface area (Å²) in [6.45, 7) is -0.396. The van der Waals surface area contributed by atoms with E-state index in [9.17, 15) is 10.2 Å². The van der Waals surface area contributed by atoms with Gasteiger partial charge < -0.3 is 25.2 Å². The molecule has 0 unspecified atom stereocenters. The van der Waals surface area contributed by atoms with Crippen LogP contribution in [-0.2, 0) is 4.74 Å². The van der Waals surface area contributed by atoms with Gasteiger partial charge in [-0.25, -0.2) is 0 Å². The third-order valence-corrected chi connectivity index (χ3v) is 2.59. The van der Waals surface area contributed by atoms with Gasteiger partial charge in [-0.05, 0) is 0 Å². The van der Waals surface area contributed by atoms with Crippen molar-refractivity contribution in [1.29, 1.82) is 0 Å². The fraction of sp³-hybridized carbons (Fsp3) is 1.00. The van der Waals surface area contributed by atoms with Gasteiger partial charge >= 0.3 is 0 Å². The minimum Gasteiger partial charge on any atom is -0.394 e. The molecule has 1 aliphatic heterocycles. The van der Waals surface area contributed by atoms with Crippen LogP contribution in [0.1, 0.15) is 0 Å². The molecule has 0 aromatic carbocycles. The summed E-state index contributed by atoms with van der Waals surface area (Å²) in [6, 6.07) is 0. The van der Waals surface area contributed by atoms with Crippen molar-refractivity contribution in [3.63, 3.8) is 0 Å². The number of rotatable bonds is 1. The van der Waals surface area contributed by atoms with Gasteiger partial charge in [0.25, 0.3) is 0 Å². The Morgan fingerprint density at radius 2 is 1.67 bits per heavy atom. The van der Waals surface area contributed by atoms with Crippen molar-refractivity contribution in [3.05, 3.63) is 0 Å². The second-order valence-corrected chi connectivity index (χ2v) is 3.58. The number of aliphatic hydroxyl groups is 4. The Balaban J connectivity index is 2.63. The van der Waals surface area contributed by atoms with Gasteiger partial charge in [-0.1, -0.05) is 15.9 Å². The topological polar surface area (TPSA) is 90.2 Å². The summed E-state index contributed by atoms with van der Waals surface area (Å²) in [6.07, 6.45) is -4.57. The molecule has 0 amide bonds. The second kappa shape index (κ2) is 3.99. The van der Waals surface area contributed by atoms with Gasteiger partial charge in [0.15, 0.2) is 0 Å². The number of halogens is 1. The lowest BCUT2D eigenvalue weighted by Gasteiger charge is -2.37. The normalized spacial score (nSPS) is 49.2. The standard InChI is InChI=1S/C6H11BrO5/c7-6-5(11)4(10)3(9)2(1-8)12-6/h2-6,8-11H,1H2/t2-,3-,4+,5-,6+/m1/s1. The van der Waals surface area contributed by atoms with Crippen LogP contribution < -0.4 is 0 Å². The van der Waals surface area contributed by atoms with Gasteiger partial charge in [-0.3, -0.25) is 0 Å². The number of hydrogen-bond donors (Lipinski definition) is 4. The van der Waals surface area contributed by atoms with Gasteiger partial charge in [0, 0.05) is 0 Å². The van der Waals surface area contributed by atoms with Crippen LogP contribution >= 0.6 is 15.9 Å². The van der Waals surface area contributed by atoms with Gasteiger partial charge in [0.05, 0.1) is 6.61 Å². The van der Waals surface area contributed by atoms with Crippen molar-refractivity contribution in [2.45, 2.75) is 29.4 Å². The van der Waals surface area contributed by atoms with Crippen LogP contribution in [-0.4, -0.2) is 56.5 Å². The molecule has 4 N–H and O–H groups in total. The first-order valence-corrected chi connectivity index (χ1v) is 4.44. The first kappa shape index (κ1) is 10.4. The Hall–Kier alpha value is 0.280. The molecule has 1 saturated heterocycles. The number of ether oxygens (including phenoxy) is 1. The fourth-order valence-corrected chi connectivity index (χ4v) is 1.65. The Bertz CT molecular complexity index is 150. The Labute approximate surface area is 77.7 Å². The lowest BCUT2D eigenvalue weighted by molar-refractivity contribution is -0.203. The lowest BCUT2D eigenvalue weighted by atomic mass is 10.0. The molecular weight excluding hydrogens is 232 g/mol. The number of hydrogen-bond acceptors (Lipinski definition) is 5. The van der Waals surface area contributed by atoms with E-state index in [4.69, 9.17) is 14.9 Å². The zero-order chi connectivity index (χ0) is 9.30. The summed E-state index contributed by atoms with van der Waals surface area (Å²) < 4.78 is 4.94. The highest BCUT2D eigenvalue weighted by Crippen LogP contribution is 2.24. The molecule has 1 rings (SSSR count). The zero-order valence-electron chi connectivity index (χ0n) is 6.17. The summed E-state index contributed by atoms with van der Waals surface area (Å²) >= 11 is 2.95. The van der Waals surface area contributed by atoms with E-state index in [1.807, 2.05) is 0 Å². The van der Waals surface area contributed by atoms with Crippen molar-refractivity contribution in [2.24, 2.45) is 0 Å². The summed E-state index contributed by atoms with van der Waals surface area (Å²) in [5.74, 6) is 0. The maximum atomic E-state index is 9.21. The van der Waals surface area contributed by atoms with E-state index < -0.39 is 36.0 Å². The predicted molar refractivity (Wildman–Crippen MR) is 42.7 cm³/mol. The second-order valence-electron chi connectivity index (χ2n) is 2.68. The van der Waals surface area contributed by atoms with Crippen molar-refractivity contribution >= 4 is 15.9 Å². The predicted octanol–water partition coefficient (Wildman–Crippen LogP) is -1.82. The third-order valence-electron chi connectivity index (χ3n) is 1.83. The average Bonchev–Trinajstić information content (AvgIpc) is 2.08. The number of aliphatic hydroxyl groups excluding tert-OH is 4. The summed E-state index contributed by atoms with van der Waals surface area (Å²) in [7, 11) is 0. The van der Waals surface area contributed by atoms with Crippen LogP contribution in [0.5, 0.6) is 0 Å². The largest absolute Gasteiger partial charge is 0.394 e. The SMILES string of the molecule is OC[C@H]1O[C@H](Br)[C@H](O)[C@@H](O)[C@@H]1O. The van der Waals surface area contributed by atoms with E-state index in [1.54, 1.807) is 0 Å². The average molecular weight is 243 g/mol. The van der Waals surface area contributed by atoms with E-state index in [2.05, 4.69) is 15.9 Å². The van der Waals surface area contributed by atoms with Crippen LogP contribution in [0, 0.1) is 0 Å². The van der Waals surface area contributed by atoms with Gasteiger partial charge in [0.1, 0.15) is 29.4 Å². The molecule has 72 valence electrons. The highest BCUT2D eigenvalue weighted by molar-refractivity contribution is 9.09. The molecule has 0 aromatic heterocycles. The minimum absolute atomic E-state index is 0.396. The first-order valence-electron chi connectivity index (χ1n) is 3.52. The van der Waals surface area contributed by atoms with E-state index in [0.717, 1.165) is 0 Å². The molecule has 0 spiro atoms. The minimum atomic E-state index is -1.29. The lowest BCUT2D eigenvalue weighted by Crippen LogP contribution is -2.56. The van der Waals surface area contributed by atoms with Crippen molar-refractivity contribution in [3.8, 4) is 0 Å². The molecule has 0 aliphatic carbocycles. The summed E-state index contributed by atoms with van der Waals surface area (Å²) in [4.78, 5) is 0. The Kier molecular flexibility index (Phi) is 3.45. The molecule has 5 nitrogen and oxygen atoms in total. The van der Waals surface area contributed by atoms with E-state index in [-0.39, 0.29) is 0 Å². The zero-order valence-corrected chi connectivity index (χ0v) is 7.75. The highest BCUT2D eigenvalue weighted by atomic mass is 79.9. The van der Waals surface area contributed by atoms with Crippen LogP contribution in [0.3, 0.4) is 0 Å². The molecule has 0 bridgehead atoms. The molecule has 0 radical (unpaired) electrons. The monoisotopic (exact) mass is 242 g/mol. The van der Waals surface area contributed by atoms with Crippen molar-refractivity contribution < 1.29 is 25.2 Å². The van der Waals surface area contributed by atoms with Crippen LogP contribution in [0.2, 0.25) is 0 Å². The van der Waals surface area contributed by atoms with Crippen molar-refractivity contribution in [1.82, 2.24) is 0 Å². The van der Waals surface area contributed by atoms with E-state index in [0.29, 0.717) is 0 Å². The maximum Gasteiger partial charge on any atom is 0.141 e. The van der Waals surface area contributed by atoms with Crippen LogP contribution in [0.15, 0.2) is 0 Å². The first-order chi connectivity index (χ1) is 5.57. The summed E-state index contributed by atoms with van der Waals surface area (Å²) in [5, 5.41) is 35.5. The molecule has 6 heteroatoms. The Morgan fingerprint density at radius 3 is 2.17 bits per heavy atom. The number of alkyl halides is 1. The van der Waals surface area contributed by atoms with Gasteiger partial charge in [-0.2, -0.15) is 0 Å². The maximum absolute atomic E-state index is 9.21. The highest BCUT2D eigenvalue weighted by Gasteiger charge is 2.42. The molecule has 12 heavy (non-hydrogen) atoms. The smallest absolute Gasteiger partial charge is 0.141 e. The van der Waals surface area contributed by atoms with Gasteiger partial charge in [0.2, 0.25) is 0 Å². The molecule has 0 saturated carbocycles. The summed E-state index contributed by atoms with van der Waals surface area (Å²) in [5.41, 5.74) is 0. The molecule has 1 heterocycles. The van der Waals surface area contributed by atoms with E-state index in [1.165, 1.54) is 0 Å². The fourth-order valence-electron chi connectivity index (χ4n) is 1.06. The van der Waals surface area contributed by atoms with Gasteiger partial charge in [-0.15, -0.1) is 0 Å². The quantitative estimate of drug-likeness (QED) is 0.407. The Morgan fingerprint density at radius 1 is 1.08 bits per heavy atom. The van der Waals surface area contributed by atoms with Crippen molar-refractivity contribution in [2.75, 3.05) is 6.61 Å². The molecule has 1 aliphatic rings. The molecular formula is C6H11BrO5. The third kappa shape index (κ3) is 1.78. The van der Waals surface area contributed by atoms with E-state index >= 15 is 0 Å². The molecule has 1 fully saturated rings. The van der Waals surface area contributed by atoms with Crippen LogP contribution in [0.4, 0.5) is 0 Å². The van der Waals surface area contributed by atoms with Crippen LogP contribution in [0.25, 0.3) is 0 Å².